The third kappa shape index (κ3) is 3.38. The van der Waals surface area contributed by atoms with E-state index in [2.05, 4.69) is 23.8 Å². The molecule has 0 spiro atoms. The van der Waals surface area contributed by atoms with Crippen molar-refractivity contribution < 1.29 is 4.79 Å². The number of rotatable bonds is 3. The lowest BCUT2D eigenvalue weighted by Gasteiger charge is -2.29. The Morgan fingerprint density at radius 2 is 1.94 bits per heavy atom. The van der Waals surface area contributed by atoms with Gasteiger partial charge in [-0.3, -0.25) is 4.79 Å². The number of carbonyl (C=O) groups excluding carboxylic acids is 1. The van der Waals surface area contributed by atoms with Gasteiger partial charge in [0, 0.05) is 17.8 Å². The van der Waals surface area contributed by atoms with Gasteiger partial charge in [-0.05, 0) is 44.4 Å². The molecule has 3 nitrogen and oxygen atoms in total. The summed E-state index contributed by atoms with van der Waals surface area (Å²) in [5.41, 5.74) is 0. The molecule has 1 heterocycles. The Hall–Kier alpha value is -0.220. The molecule has 0 aromatic carbocycles. The summed E-state index contributed by atoms with van der Waals surface area (Å²) in [5.74, 6) is 0.945. The van der Waals surface area contributed by atoms with Crippen LogP contribution in [0, 0.1) is 11.8 Å². The first-order chi connectivity index (χ1) is 8.20. The van der Waals surface area contributed by atoms with Gasteiger partial charge in [0.05, 0.1) is 5.92 Å². The maximum absolute atomic E-state index is 12.1. The molecule has 0 aromatic heterocycles. The summed E-state index contributed by atoms with van der Waals surface area (Å²) < 4.78 is 0. The molecule has 4 heteroatoms. The quantitative estimate of drug-likeness (QED) is 0.806. The number of amides is 1. The molecule has 2 rings (SSSR count). The first-order valence-electron chi connectivity index (χ1n) is 6.74. The summed E-state index contributed by atoms with van der Waals surface area (Å²) >= 11 is 1.97. The molecule has 2 unspecified atom stereocenters. The van der Waals surface area contributed by atoms with Crippen LogP contribution in [-0.4, -0.2) is 36.5 Å². The first kappa shape index (κ1) is 13.2. The van der Waals surface area contributed by atoms with Crippen LogP contribution in [0.4, 0.5) is 0 Å². The summed E-state index contributed by atoms with van der Waals surface area (Å²) in [6.07, 6.45) is 7.02. The zero-order valence-electron chi connectivity index (χ0n) is 10.9. The summed E-state index contributed by atoms with van der Waals surface area (Å²) in [6, 6.07) is 0.429. The average molecular weight is 256 g/mol. The molecule has 0 aromatic rings. The van der Waals surface area contributed by atoms with Crippen molar-refractivity contribution in [1.82, 2.24) is 10.6 Å². The lowest BCUT2D eigenvalue weighted by Crippen LogP contribution is -2.43. The Morgan fingerprint density at radius 1 is 1.24 bits per heavy atom. The first-order valence-corrected chi connectivity index (χ1v) is 8.03. The van der Waals surface area contributed by atoms with Crippen molar-refractivity contribution in [1.29, 1.82) is 0 Å². The van der Waals surface area contributed by atoms with Crippen LogP contribution in [0.2, 0.25) is 0 Å². The Bertz CT molecular complexity index is 264. The van der Waals surface area contributed by atoms with Crippen molar-refractivity contribution in [2.24, 2.45) is 11.8 Å². The van der Waals surface area contributed by atoms with Crippen molar-refractivity contribution >= 4 is 17.7 Å². The van der Waals surface area contributed by atoms with Crippen molar-refractivity contribution in [2.45, 2.75) is 43.9 Å². The van der Waals surface area contributed by atoms with Gasteiger partial charge in [0.25, 0.3) is 0 Å². The molecule has 2 atom stereocenters. The molecule has 1 aliphatic heterocycles. The van der Waals surface area contributed by atoms with Gasteiger partial charge in [-0.2, -0.15) is 11.8 Å². The van der Waals surface area contributed by atoms with E-state index in [1.165, 1.54) is 12.8 Å². The van der Waals surface area contributed by atoms with Crippen LogP contribution in [0.15, 0.2) is 0 Å². The van der Waals surface area contributed by atoms with E-state index in [4.69, 9.17) is 0 Å². The van der Waals surface area contributed by atoms with Gasteiger partial charge in [-0.1, -0.05) is 6.92 Å². The predicted octanol–water partition coefficient (Wildman–Crippen LogP) is 1.63. The van der Waals surface area contributed by atoms with Gasteiger partial charge in [0.1, 0.15) is 0 Å². The summed E-state index contributed by atoms with van der Waals surface area (Å²) in [7, 11) is 0. The van der Waals surface area contributed by atoms with E-state index in [-0.39, 0.29) is 11.8 Å². The number of thioether (sulfide) groups is 1. The van der Waals surface area contributed by atoms with Crippen molar-refractivity contribution in [3.63, 3.8) is 0 Å². The van der Waals surface area contributed by atoms with Gasteiger partial charge in [-0.15, -0.1) is 0 Å². The maximum atomic E-state index is 12.1. The van der Waals surface area contributed by atoms with E-state index < -0.39 is 0 Å². The SMILES string of the molecule is CSC1CCC(NC(=O)C2CNCC2C)CC1. The molecule has 2 aliphatic rings. The van der Waals surface area contributed by atoms with Crippen molar-refractivity contribution in [3.05, 3.63) is 0 Å². The van der Waals surface area contributed by atoms with Gasteiger partial charge < -0.3 is 10.6 Å². The summed E-state index contributed by atoms with van der Waals surface area (Å²) in [4.78, 5) is 12.1. The monoisotopic (exact) mass is 256 g/mol. The number of hydrogen-bond donors (Lipinski definition) is 2. The fourth-order valence-electron chi connectivity index (χ4n) is 2.91. The fraction of sp³-hybridized carbons (Fsp3) is 0.923. The Balaban J connectivity index is 1.76. The van der Waals surface area contributed by atoms with Gasteiger partial charge in [0.15, 0.2) is 0 Å². The molecule has 0 radical (unpaired) electrons. The zero-order chi connectivity index (χ0) is 12.3. The molecule has 2 N–H and O–H groups in total. The van der Waals surface area contributed by atoms with Crippen LogP contribution < -0.4 is 10.6 Å². The highest BCUT2D eigenvalue weighted by molar-refractivity contribution is 7.99. The van der Waals surface area contributed by atoms with Gasteiger partial charge in [0.2, 0.25) is 5.91 Å². The molecule has 1 saturated carbocycles. The second-order valence-electron chi connectivity index (χ2n) is 5.46. The van der Waals surface area contributed by atoms with E-state index in [1.807, 2.05) is 11.8 Å². The smallest absolute Gasteiger partial charge is 0.224 e. The highest BCUT2D eigenvalue weighted by Crippen LogP contribution is 2.27. The molecule has 2 fully saturated rings. The third-order valence-electron chi connectivity index (χ3n) is 4.21. The second-order valence-corrected chi connectivity index (χ2v) is 6.60. The van der Waals surface area contributed by atoms with Crippen LogP contribution in [0.1, 0.15) is 32.6 Å². The minimum atomic E-state index is 0.188. The Labute approximate surface area is 108 Å². The number of carbonyl (C=O) groups is 1. The zero-order valence-corrected chi connectivity index (χ0v) is 11.7. The largest absolute Gasteiger partial charge is 0.353 e. The highest BCUT2D eigenvalue weighted by Gasteiger charge is 2.31. The van der Waals surface area contributed by atoms with Crippen molar-refractivity contribution in [2.75, 3.05) is 19.3 Å². The predicted molar refractivity (Wildman–Crippen MR) is 73.2 cm³/mol. The molecule has 1 aliphatic carbocycles. The van der Waals surface area contributed by atoms with E-state index in [0.29, 0.717) is 12.0 Å². The normalized spacial score (nSPS) is 38.0. The molecule has 0 bridgehead atoms. The van der Waals surface area contributed by atoms with Crippen LogP contribution in [-0.2, 0) is 4.79 Å². The fourth-order valence-corrected chi connectivity index (χ4v) is 3.66. The van der Waals surface area contributed by atoms with E-state index in [1.54, 1.807) is 0 Å². The Morgan fingerprint density at radius 3 is 2.47 bits per heavy atom. The second kappa shape index (κ2) is 6.10. The number of hydrogen-bond acceptors (Lipinski definition) is 3. The molecule has 98 valence electrons. The van der Waals surface area contributed by atoms with Crippen molar-refractivity contribution in [3.8, 4) is 0 Å². The van der Waals surface area contributed by atoms with Gasteiger partial charge in [-0.25, -0.2) is 0 Å². The minimum absolute atomic E-state index is 0.188. The lowest BCUT2D eigenvalue weighted by atomic mass is 9.92. The lowest BCUT2D eigenvalue weighted by molar-refractivity contribution is -0.126. The molecule has 1 amide bonds. The molecular formula is C13H24N2OS. The molecule has 17 heavy (non-hydrogen) atoms. The van der Waals surface area contributed by atoms with Crippen LogP contribution in [0.25, 0.3) is 0 Å². The van der Waals surface area contributed by atoms with Crippen LogP contribution in [0.3, 0.4) is 0 Å². The topological polar surface area (TPSA) is 41.1 Å². The van der Waals surface area contributed by atoms with E-state index >= 15 is 0 Å². The van der Waals surface area contributed by atoms with Gasteiger partial charge >= 0.3 is 0 Å². The minimum Gasteiger partial charge on any atom is -0.353 e. The Kier molecular flexibility index (Phi) is 4.74. The highest BCUT2D eigenvalue weighted by atomic mass is 32.2. The maximum Gasteiger partial charge on any atom is 0.224 e. The third-order valence-corrected chi connectivity index (χ3v) is 5.35. The summed E-state index contributed by atoms with van der Waals surface area (Å²) in [6.45, 7) is 4.00. The average Bonchev–Trinajstić information content (AvgIpc) is 2.76. The molecular weight excluding hydrogens is 232 g/mol. The van der Waals surface area contributed by atoms with Crippen LogP contribution in [0.5, 0.6) is 0 Å². The van der Waals surface area contributed by atoms with Crippen LogP contribution >= 0.6 is 11.8 Å². The molecule has 1 saturated heterocycles. The number of nitrogens with one attached hydrogen (secondary N) is 2. The summed E-state index contributed by atoms with van der Waals surface area (Å²) in [5, 5.41) is 7.35. The van der Waals surface area contributed by atoms with E-state index in [0.717, 1.165) is 31.2 Å². The standard InChI is InChI=1S/C13H24N2OS/c1-9-7-14-8-12(9)13(16)15-10-3-5-11(17-2)6-4-10/h9-12,14H,3-8H2,1-2H3,(H,15,16). The van der Waals surface area contributed by atoms with E-state index in [9.17, 15) is 4.79 Å².